The molecule has 0 saturated carbocycles. The second-order valence-electron chi connectivity index (χ2n) is 8.89. The van der Waals surface area contributed by atoms with Gasteiger partial charge in [-0.1, -0.05) is 0 Å². The van der Waals surface area contributed by atoms with E-state index in [1.54, 1.807) is 11.3 Å². The van der Waals surface area contributed by atoms with Crippen molar-refractivity contribution in [3.05, 3.63) is 11.1 Å². The Balaban J connectivity index is 1.58. The lowest BCUT2D eigenvalue weighted by Crippen LogP contribution is -2.39. The maximum Gasteiger partial charge on any atom is 0.172 e. The molecule has 2 saturated heterocycles. The molecule has 0 bridgehead atoms. The van der Waals surface area contributed by atoms with Crippen LogP contribution in [0.1, 0.15) is 25.0 Å². The molecule has 31 heavy (non-hydrogen) atoms. The van der Waals surface area contributed by atoms with E-state index in [4.69, 9.17) is 19.2 Å². The minimum Gasteiger partial charge on any atom is -0.378 e. The van der Waals surface area contributed by atoms with E-state index >= 15 is 0 Å². The van der Waals surface area contributed by atoms with Crippen molar-refractivity contribution < 1.29 is 14.2 Å². The molecule has 0 N–H and O–H groups in total. The maximum absolute atomic E-state index is 6.21. The van der Waals surface area contributed by atoms with E-state index in [9.17, 15) is 0 Å². The number of rotatable bonds is 2. The van der Waals surface area contributed by atoms with Gasteiger partial charge in [0.05, 0.1) is 38.6 Å². The van der Waals surface area contributed by atoms with Gasteiger partial charge >= 0.3 is 0 Å². The zero-order valence-electron chi connectivity index (χ0n) is 17.9. The van der Waals surface area contributed by atoms with Crippen LogP contribution >= 0.6 is 11.3 Å². The van der Waals surface area contributed by atoms with Gasteiger partial charge in [-0.05, 0) is 24.6 Å². The molecule has 0 spiro atoms. The molecule has 3 aliphatic rings. The molecule has 0 amide bonds. The molecule has 3 aromatic heterocycles. The molecule has 164 valence electrons. The molecule has 0 aliphatic carbocycles. The Morgan fingerprint density at radius 3 is 2.26 bits per heavy atom. The molecule has 10 heteroatoms. The Kier molecular flexibility index (Phi) is 4.71. The van der Waals surface area contributed by atoms with Crippen molar-refractivity contribution in [2.45, 2.75) is 32.5 Å². The topological polar surface area (TPSA) is 85.7 Å². The van der Waals surface area contributed by atoms with Crippen LogP contribution in [0.4, 0.5) is 11.6 Å². The predicted molar refractivity (Wildman–Crippen MR) is 119 cm³/mol. The Hall–Kier alpha value is -2.14. The minimum absolute atomic E-state index is 0.231. The molecule has 0 aromatic carbocycles. The highest BCUT2D eigenvalue weighted by Crippen LogP contribution is 2.44. The summed E-state index contributed by atoms with van der Waals surface area (Å²) in [6.07, 6.45) is 0.821. The fourth-order valence-corrected chi connectivity index (χ4v) is 5.87. The van der Waals surface area contributed by atoms with Gasteiger partial charge in [-0.25, -0.2) is 4.98 Å². The Bertz CT molecular complexity index is 1140. The fourth-order valence-electron chi connectivity index (χ4n) is 4.72. The lowest BCUT2D eigenvalue weighted by Gasteiger charge is -2.36. The van der Waals surface area contributed by atoms with E-state index < -0.39 is 0 Å². The third kappa shape index (κ3) is 3.32. The third-order valence-corrected chi connectivity index (χ3v) is 7.39. The van der Waals surface area contributed by atoms with Crippen molar-refractivity contribution in [1.82, 2.24) is 20.4 Å². The van der Waals surface area contributed by atoms with Crippen molar-refractivity contribution in [3.8, 4) is 0 Å². The van der Waals surface area contributed by atoms with E-state index in [0.29, 0.717) is 19.8 Å². The van der Waals surface area contributed by atoms with Crippen LogP contribution in [0.25, 0.3) is 20.4 Å². The molecular weight excluding hydrogens is 416 g/mol. The first kappa shape index (κ1) is 19.5. The summed E-state index contributed by atoms with van der Waals surface area (Å²) in [5.74, 6) is 1.92. The monoisotopic (exact) mass is 442 g/mol. The highest BCUT2D eigenvalue weighted by Gasteiger charge is 2.34. The van der Waals surface area contributed by atoms with Crippen molar-refractivity contribution in [2.24, 2.45) is 0 Å². The molecule has 6 rings (SSSR count). The number of nitrogens with zero attached hydrogens (tertiary/aromatic N) is 6. The zero-order chi connectivity index (χ0) is 21.0. The Morgan fingerprint density at radius 1 is 0.871 bits per heavy atom. The summed E-state index contributed by atoms with van der Waals surface area (Å²) in [4.78, 5) is 10.7. The third-order valence-electron chi connectivity index (χ3n) is 6.33. The average Bonchev–Trinajstić information content (AvgIpc) is 3.18. The molecule has 9 nitrogen and oxygen atoms in total. The van der Waals surface area contributed by atoms with Crippen molar-refractivity contribution in [3.63, 3.8) is 0 Å². The highest BCUT2D eigenvalue weighted by molar-refractivity contribution is 7.26. The van der Waals surface area contributed by atoms with Crippen LogP contribution < -0.4 is 9.80 Å². The molecule has 2 fully saturated rings. The van der Waals surface area contributed by atoms with Gasteiger partial charge in [0.15, 0.2) is 5.82 Å². The lowest BCUT2D eigenvalue weighted by molar-refractivity contribution is -0.0396. The van der Waals surface area contributed by atoms with E-state index in [0.717, 1.165) is 77.9 Å². The summed E-state index contributed by atoms with van der Waals surface area (Å²) in [7, 11) is 0. The molecule has 0 atom stereocenters. The number of hydrogen-bond acceptors (Lipinski definition) is 10. The van der Waals surface area contributed by atoms with Gasteiger partial charge in [0, 0.05) is 43.5 Å². The van der Waals surface area contributed by atoms with Crippen LogP contribution in [0, 0.1) is 0 Å². The van der Waals surface area contributed by atoms with E-state index in [2.05, 4.69) is 39.1 Å². The number of morpholine rings is 2. The number of aromatic nitrogens is 4. The normalized spacial score (nSPS) is 21.6. The Labute approximate surface area is 184 Å². The second-order valence-corrected chi connectivity index (χ2v) is 9.89. The number of hydrogen-bond donors (Lipinski definition) is 0. The molecule has 3 aliphatic heterocycles. The van der Waals surface area contributed by atoms with Gasteiger partial charge in [0.25, 0.3) is 0 Å². The second kappa shape index (κ2) is 7.47. The van der Waals surface area contributed by atoms with Crippen LogP contribution in [-0.4, -0.2) is 78.6 Å². The molecular formula is C21H26N6O3S. The smallest absolute Gasteiger partial charge is 0.172 e. The van der Waals surface area contributed by atoms with Crippen LogP contribution in [0.15, 0.2) is 0 Å². The zero-order valence-corrected chi connectivity index (χ0v) is 18.7. The van der Waals surface area contributed by atoms with Gasteiger partial charge in [-0.15, -0.1) is 21.5 Å². The van der Waals surface area contributed by atoms with Crippen molar-refractivity contribution in [1.29, 1.82) is 0 Å². The standard InChI is InChI=1S/C21H26N6O3S/c1-21(2)11-13-14(12-30-21)18(26-3-7-28-8-4-26)22-20-15(13)16-17(31-20)19(24-25-23-16)27-5-9-29-10-6-27/h3-12H2,1-2H3. The van der Waals surface area contributed by atoms with E-state index in [1.807, 2.05) is 0 Å². The lowest BCUT2D eigenvalue weighted by atomic mass is 9.90. The summed E-state index contributed by atoms with van der Waals surface area (Å²) >= 11 is 1.68. The quantitative estimate of drug-likeness (QED) is 0.593. The van der Waals surface area contributed by atoms with Crippen LogP contribution in [-0.2, 0) is 27.2 Å². The number of thiophene rings is 1. The molecule has 0 unspecified atom stereocenters. The molecule has 0 radical (unpaired) electrons. The van der Waals surface area contributed by atoms with Gasteiger partial charge in [0.1, 0.15) is 20.9 Å². The van der Waals surface area contributed by atoms with Crippen molar-refractivity contribution in [2.75, 3.05) is 62.4 Å². The van der Waals surface area contributed by atoms with Crippen molar-refractivity contribution >= 4 is 43.4 Å². The number of fused-ring (bicyclic) bond motifs is 5. The molecule has 6 heterocycles. The van der Waals surface area contributed by atoms with Crippen LogP contribution in [0.5, 0.6) is 0 Å². The first-order chi connectivity index (χ1) is 15.1. The summed E-state index contributed by atoms with van der Waals surface area (Å²) in [5, 5.41) is 14.2. The Morgan fingerprint density at radius 2 is 1.55 bits per heavy atom. The van der Waals surface area contributed by atoms with Gasteiger partial charge in [-0.2, -0.15) is 0 Å². The van der Waals surface area contributed by atoms with E-state index in [1.165, 1.54) is 11.1 Å². The fraction of sp³-hybridized carbons (Fsp3) is 0.619. The SMILES string of the molecule is CC1(C)Cc2c(c(N3CCOCC3)nc3sc4c(N5CCOCC5)nnnc4c23)CO1. The van der Waals surface area contributed by atoms with Gasteiger partial charge in [0.2, 0.25) is 0 Å². The number of anilines is 2. The first-order valence-electron chi connectivity index (χ1n) is 10.9. The summed E-state index contributed by atoms with van der Waals surface area (Å²) in [6.45, 7) is 11.0. The van der Waals surface area contributed by atoms with Gasteiger partial charge < -0.3 is 24.0 Å². The van der Waals surface area contributed by atoms with E-state index in [-0.39, 0.29) is 5.60 Å². The molecule has 3 aromatic rings. The summed E-state index contributed by atoms with van der Waals surface area (Å²) in [6, 6.07) is 0. The predicted octanol–water partition coefficient (Wildman–Crippen LogP) is 2.16. The largest absolute Gasteiger partial charge is 0.378 e. The minimum atomic E-state index is -0.231. The van der Waals surface area contributed by atoms with Gasteiger partial charge in [-0.3, -0.25) is 0 Å². The van der Waals surface area contributed by atoms with Crippen LogP contribution in [0.3, 0.4) is 0 Å². The van der Waals surface area contributed by atoms with Crippen LogP contribution in [0.2, 0.25) is 0 Å². The average molecular weight is 443 g/mol. The highest BCUT2D eigenvalue weighted by atomic mass is 32.1. The summed E-state index contributed by atoms with van der Waals surface area (Å²) < 4.78 is 18.4. The number of pyridine rings is 1. The number of ether oxygens (including phenoxy) is 3. The maximum atomic E-state index is 6.21. The summed E-state index contributed by atoms with van der Waals surface area (Å²) in [5.41, 5.74) is 3.15. The first-order valence-corrected chi connectivity index (χ1v) is 11.7.